The highest BCUT2D eigenvalue weighted by Gasteiger charge is 2.37. The first-order valence-corrected chi connectivity index (χ1v) is 3.91. The van der Waals surface area contributed by atoms with Crippen molar-refractivity contribution in [2.75, 3.05) is 13.2 Å². The number of rotatable bonds is 4. The number of hydrogen-bond donors (Lipinski definition) is 2. The van der Waals surface area contributed by atoms with Crippen LogP contribution in [0.5, 0.6) is 0 Å². The summed E-state index contributed by atoms with van der Waals surface area (Å²) >= 11 is 0. The molecule has 0 fully saturated rings. The fourth-order valence-corrected chi connectivity index (χ4v) is 0.652. The molecular weight excluding hydrogens is 142 g/mol. The van der Waals surface area contributed by atoms with Crippen molar-refractivity contribution < 1.29 is 9.84 Å². The van der Waals surface area contributed by atoms with Crippen molar-refractivity contribution in [2.45, 2.75) is 33.4 Å². The predicted molar refractivity (Wildman–Crippen MR) is 45.1 cm³/mol. The topological polar surface area (TPSA) is 55.5 Å². The lowest BCUT2D eigenvalue weighted by Gasteiger charge is -2.39. The molecule has 0 aliphatic heterocycles. The molecule has 3 nitrogen and oxygen atoms in total. The SMILES string of the molecule is CCOC(C)(N)C(C)(C)CO. The molecule has 0 rings (SSSR count). The highest BCUT2D eigenvalue weighted by Crippen LogP contribution is 2.28. The van der Waals surface area contributed by atoms with Gasteiger partial charge in [-0.3, -0.25) is 0 Å². The standard InChI is InChI=1S/C8H19NO2/c1-5-11-8(4,9)7(2,3)6-10/h10H,5-6,9H2,1-4H3. The summed E-state index contributed by atoms with van der Waals surface area (Å²) in [7, 11) is 0. The van der Waals surface area contributed by atoms with E-state index in [1.165, 1.54) is 0 Å². The quantitative estimate of drug-likeness (QED) is 0.597. The first kappa shape index (κ1) is 10.9. The zero-order valence-electron chi connectivity index (χ0n) is 7.85. The van der Waals surface area contributed by atoms with E-state index in [2.05, 4.69) is 0 Å². The van der Waals surface area contributed by atoms with E-state index >= 15 is 0 Å². The molecular formula is C8H19NO2. The van der Waals surface area contributed by atoms with Crippen molar-refractivity contribution in [2.24, 2.45) is 11.1 Å². The van der Waals surface area contributed by atoms with E-state index in [-0.39, 0.29) is 6.61 Å². The third-order valence-corrected chi connectivity index (χ3v) is 2.18. The molecule has 0 heterocycles. The van der Waals surface area contributed by atoms with Gasteiger partial charge in [0.1, 0.15) is 5.72 Å². The average Bonchev–Trinajstić information content (AvgIpc) is 1.87. The summed E-state index contributed by atoms with van der Waals surface area (Å²) in [5.41, 5.74) is 4.68. The molecule has 1 atom stereocenters. The number of aliphatic hydroxyl groups excluding tert-OH is 1. The molecule has 0 spiro atoms. The Morgan fingerprint density at radius 1 is 1.36 bits per heavy atom. The number of nitrogens with two attached hydrogens (primary N) is 1. The van der Waals surface area contributed by atoms with Gasteiger partial charge >= 0.3 is 0 Å². The molecule has 3 heteroatoms. The third kappa shape index (κ3) is 2.43. The molecule has 0 aromatic heterocycles. The van der Waals surface area contributed by atoms with Crippen LogP contribution in [0.4, 0.5) is 0 Å². The molecule has 0 saturated carbocycles. The van der Waals surface area contributed by atoms with Gasteiger partial charge in [-0.25, -0.2) is 0 Å². The molecule has 0 radical (unpaired) electrons. The first-order chi connectivity index (χ1) is 4.87. The summed E-state index contributed by atoms with van der Waals surface area (Å²) in [4.78, 5) is 0. The molecule has 0 bridgehead atoms. The van der Waals surface area contributed by atoms with E-state index in [0.717, 1.165) is 0 Å². The fraction of sp³-hybridized carbons (Fsp3) is 1.00. The van der Waals surface area contributed by atoms with E-state index in [9.17, 15) is 0 Å². The molecule has 68 valence electrons. The van der Waals surface area contributed by atoms with Crippen LogP contribution in [0.1, 0.15) is 27.7 Å². The van der Waals surface area contributed by atoms with Crippen LogP contribution in [-0.4, -0.2) is 24.0 Å². The van der Waals surface area contributed by atoms with Gasteiger partial charge < -0.3 is 15.6 Å². The number of aliphatic hydroxyl groups is 1. The second kappa shape index (κ2) is 3.52. The molecule has 0 saturated heterocycles. The molecule has 0 aromatic rings. The van der Waals surface area contributed by atoms with Gasteiger partial charge in [-0.2, -0.15) is 0 Å². The van der Waals surface area contributed by atoms with Crippen LogP contribution in [-0.2, 0) is 4.74 Å². The maximum absolute atomic E-state index is 9.00. The van der Waals surface area contributed by atoms with E-state index in [1.807, 2.05) is 20.8 Å². The van der Waals surface area contributed by atoms with Gasteiger partial charge in [0, 0.05) is 12.0 Å². The summed E-state index contributed by atoms with van der Waals surface area (Å²) < 4.78 is 5.30. The maximum atomic E-state index is 9.00. The van der Waals surface area contributed by atoms with Gasteiger partial charge in [0.15, 0.2) is 0 Å². The second-order valence-corrected chi connectivity index (χ2v) is 3.58. The van der Waals surface area contributed by atoms with Crippen LogP contribution in [0.2, 0.25) is 0 Å². The van der Waals surface area contributed by atoms with Gasteiger partial charge in [0.05, 0.1) is 6.61 Å². The minimum Gasteiger partial charge on any atom is -0.396 e. The Kier molecular flexibility index (Phi) is 3.48. The van der Waals surface area contributed by atoms with Crippen molar-refractivity contribution in [3.63, 3.8) is 0 Å². The van der Waals surface area contributed by atoms with Crippen LogP contribution in [0, 0.1) is 5.41 Å². The van der Waals surface area contributed by atoms with Gasteiger partial charge in [-0.15, -0.1) is 0 Å². The van der Waals surface area contributed by atoms with Crippen molar-refractivity contribution in [1.29, 1.82) is 0 Å². The highest BCUT2D eigenvalue weighted by atomic mass is 16.5. The summed E-state index contributed by atoms with van der Waals surface area (Å²) in [6.45, 7) is 8.02. The lowest BCUT2D eigenvalue weighted by atomic mass is 9.83. The van der Waals surface area contributed by atoms with Crippen molar-refractivity contribution >= 4 is 0 Å². The Morgan fingerprint density at radius 3 is 2.09 bits per heavy atom. The molecule has 0 amide bonds. The first-order valence-electron chi connectivity index (χ1n) is 3.91. The Bertz CT molecular complexity index is 121. The fourth-order valence-electron chi connectivity index (χ4n) is 0.652. The van der Waals surface area contributed by atoms with Crippen LogP contribution < -0.4 is 5.73 Å². The van der Waals surface area contributed by atoms with Gasteiger partial charge in [0.25, 0.3) is 0 Å². The van der Waals surface area contributed by atoms with E-state index in [4.69, 9.17) is 15.6 Å². The lowest BCUT2D eigenvalue weighted by Crippen LogP contribution is -2.54. The van der Waals surface area contributed by atoms with Crippen LogP contribution in [0.25, 0.3) is 0 Å². The average molecular weight is 161 g/mol. The van der Waals surface area contributed by atoms with Crippen LogP contribution in [0.3, 0.4) is 0 Å². The zero-order valence-corrected chi connectivity index (χ0v) is 7.85. The molecule has 3 N–H and O–H groups in total. The summed E-state index contributed by atoms with van der Waals surface area (Å²) in [6, 6.07) is 0. The molecule has 0 aromatic carbocycles. The summed E-state index contributed by atoms with van der Waals surface area (Å²) in [5.74, 6) is 0. The molecule has 0 aliphatic carbocycles. The highest BCUT2D eigenvalue weighted by molar-refractivity contribution is 4.85. The lowest BCUT2D eigenvalue weighted by molar-refractivity contribution is -0.119. The van der Waals surface area contributed by atoms with E-state index in [1.54, 1.807) is 6.92 Å². The monoisotopic (exact) mass is 161 g/mol. The third-order valence-electron chi connectivity index (χ3n) is 2.18. The minimum atomic E-state index is -0.753. The molecule has 11 heavy (non-hydrogen) atoms. The largest absolute Gasteiger partial charge is 0.396 e. The van der Waals surface area contributed by atoms with E-state index in [0.29, 0.717) is 6.61 Å². The Hall–Kier alpha value is -0.120. The summed E-state index contributed by atoms with van der Waals surface area (Å²) in [5, 5.41) is 9.00. The Morgan fingerprint density at radius 2 is 1.82 bits per heavy atom. The zero-order chi connectivity index (χ0) is 9.12. The smallest absolute Gasteiger partial charge is 0.121 e. The number of ether oxygens (including phenoxy) is 1. The number of hydrogen-bond acceptors (Lipinski definition) is 3. The van der Waals surface area contributed by atoms with Crippen molar-refractivity contribution in [1.82, 2.24) is 0 Å². The molecule has 0 aliphatic rings. The van der Waals surface area contributed by atoms with Crippen LogP contribution in [0.15, 0.2) is 0 Å². The van der Waals surface area contributed by atoms with Gasteiger partial charge in [-0.1, -0.05) is 13.8 Å². The Balaban J connectivity index is 4.26. The maximum Gasteiger partial charge on any atom is 0.121 e. The second-order valence-electron chi connectivity index (χ2n) is 3.58. The van der Waals surface area contributed by atoms with E-state index < -0.39 is 11.1 Å². The normalized spacial score (nSPS) is 18.0. The van der Waals surface area contributed by atoms with Crippen LogP contribution >= 0.6 is 0 Å². The Labute approximate surface area is 68.5 Å². The minimum absolute atomic E-state index is 0.0278. The van der Waals surface area contributed by atoms with Crippen molar-refractivity contribution in [3.8, 4) is 0 Å². The predicted octanol–water partition coefficient (Wildman–Crippen LogP) is 0.716. The summed E-state index contributed by atoms with van der Waals surface area (Å²) in [6.07, 6.45) is 0. The van der Waals surface area contributed by atoms with Gasteiger partial charge in [-0.05, 0) is 13.8 Å². The van der Waals surface area contributed by atoms with Crippen molar-refractivity contribution in [3.05, 3.63) is 0 Å². The molecule has 1 unspecified atom stereocenters. The van der Waals surface area contributed by atoms with Gasteiger partial charge in [0.2, 0.25) is 0 Å².